The third-order valence-electron chi connectivity index (χ3n) is 4.87. The fourth-order valence-corrected chi connectivity index (χ4v) is 3.77. The van der Waals surface area contributed by atoms with Gasteiger partial charge in [-0.15, -0.1) is 0 Å². The maximum absolute atomic E-state index is 11.8. The van der Waals surface area contributed by atoms with E-state index >= 15 is 0 Å². The summed E-state index contributed by atoms with van der Waals surface area (Å²) in [5.74, 6) is 0.545. The van der Waals surface area contributed by atoms with Crippen LogP contribution >= 0.6 is 0 Å². The number of rotatable bonds is 4. The highest BCUT2D eigenvalue weighted by atomic mass is 16.6. The molecule has 0 aromatic heterocycles. The lowest BCUT2D eigenvalue weighted by molar-refractivity contribution is 0.0509. The Hall–Kier alpha value is -0.770. The maximum Gasteiger partial charge on any atom is 0.407 e. The van der Waals surface area contributed by atoms with Crippen molar-refractivity contribution in [2.75, 3.05) is 6.54 Å². The van der Waals surface area contributed by atoms with Gasteiger partial charge >= 0.3 is 6.09 Å². The Morgan fingerprint density at radius 3 is 2.32 bits per heavy atom. The molecule has 2 aliphatic carbocycles. The average molecular weight is 310 g/mol. The van der Waals surface area contributed by atoms with Crippen LogP contribution in [-0.2, 0) is 4.74 Å². The summed E-state index contributed by atoms with van der Waals surface area (Å²) in [6.07, 6.45) is 11.5. The van der Waals surface area contributed by atoms with Crippen molar-refractivity contribution in [3.63, 3.8) is 0 Å². The molecule has 0 spiro atoms. The molecule has 0 aromatic rings. The van der Waals surface area contributed by atoms with E-state index in [0.29, 0.717) is 18.0 Å². The zero-order valence-electron chi connectivity index (χ0n) is 14.6. The molecule has 4 heteroatoms. The Morgan fingerprint density at radius 2 is 1.64 bits per heavy atom. The molecule has 2 saturated carbocycles. The average Bonchev–Trinajstić information content (AvgIpc) is 2.46. The second kappa shape index (κ2) is 8.19. The number of ether oxygens (including phenoxy) is 1. The number of hydrogen-bond acceptors (Lipinski definition) is 3. The standard InChI is InChI=1S/C18H34N2O2/c1-18(2,3)22-17(21)19-13-14-9-7-8-12-16(14)20-15-10-5-4-6-11-15/h14-16,20H,4-13H2,1-3H3,(H,19,21). The second-order valence-electron chi connectivity index (χ2n) is 8.04. The van der Waals surface area contributed by atoms with Crippen molar-refractivity contribution in [1.82, 2.24) is 10.6 Å². The smallest absolute Gasteiger partial charge is 0.407 e. The van der Waals surface area contributed by atoms with Gasteiger partial charge in [0.05, 0.1) is 0 Å². The minimum Gasteiger partial charge on any atom is -0.444 e. The molecule has 1 amide bonds. The van der Waals surface area contributed by atoms with Crippen molar-refractivity contribution in [2.45, 2.75) is 96.2 Å². The summed E-state index contributed by atoms with van der Waals surface area (Å²) < 4.78 is 5.34. The fourth-order valence-electron chi connectivity index (χ4n) is 3.77. The van der Waals surface area contributed by atoms with Crippen LogP contribution in [0.4, 0.5) is 4.79 Å². The molecule has 2 fully saturated rings. The van der Waals surface area contributed by atoms with Gasteiger partial charge in [-0.25, -0.2) is 4.79 Å². The summed E-state index contributed by atoms with van der Waals surface area (Å²) in [5.41, 5.74) is -0.420. The molecular formula is C18H34N2O2. The summed E-state index contributed by atoms with van der Waals surface area (Å²) in [7, 11) is 0. The topological polar surface area (TPSA) is 50.4 Å². The van der Waals surface area contributed by atoms with Crippen molar-refractivity contribution >= 4 is 6.09 Å². The Morgan fingerprint density at radius 1 is 1.00 bits per heavy atom. The highest BCUT2D eigenvalue weighted by molar-refractivity contribution is 5.67. The number of carbonyl (C=O) groups is 1. The van der Waals surface area contributed by atoms with Crippen LogP contribution in [0.25, 0.3) is 0 Å². The van der Waals surface area contributed by atoms with Crippen molar-refractivity contribution < 1.29 is 9.53 Å². The van der Waals surface area contributed by atoms with Crippen LogP contribution in [0.3, 0.4) is 0 Å². The second-order valence-corrected chi connectivity index (χ2v) is 8.04. The van der Waals surface area contributed by atoms with Crippen LogP contribution in [0.5, 0.6) is 0 Å². The third-order valence-corrected chi connectivity index (χ3v) is 4.87. The van der Waals surface area contributed by atoms with Crippen molar-refractivity contribution in [3.05, 3.63) is 0 Å². The van der Waals surface area contributed by atoms with E-state index in [1.807, 2.05) is 20.8 Å². The highest BCUT2D eigenvalue weighted by Crippen LogP contribution is 2.27. The first-order valence-corrected chi connectivity index (χ1v) is 9.17. The zero-order valence-corrected chi connectivity index (χ0v) is 14.6. The van der Waals surface area contributed by atoms with Gasteiger partial charge in [0.15, 0.2) is 0 Å². The minimum atomic E-state index is -0.420. The molecule has 22 heavy (non-hydrogen) atoms. The normalized spacial score (nSPS) is 27.4. The summed E-state index contributed by atoms with van der Waals surface area (Å²) in [4.78, 5) is 11.8. The lowest BCUT2D eigenvalue weighted by Gasteiger charge is -2.36. The van der Waals surface area contributed by atoms with E-state index in [4.69, 9.17) is 4.74 Å². The molecule has 0 saturated heterocycles. The van der Waals surface area contributed by atoms with E-state index in [1.54, 1.807) is 0 Å². The van der Waals surface area contributed by atoms with Gasteiger partial charge in [0.2, 0.25) is 0 Å². The van der Waals surface area contributed by atoms with E-state index in [9.17, 15) is 4.79 Å². The van der Waals surface area contributed by atoms with Crippen LogP contribution in [-0.4, -0.2) is 30.3 Å². The van der Waals surface area contributed by atoms with Crippen LogP contribution in [0.1, 0.15) is 78.6 Å². The molecule has 2 N–H and O–H groups in total. The molecule has 0 bridgehead atoms. The molecule has 2 rings (SSSR count). The molecule has 4 nitrogen and oxygen atoms in total. The Balaban J connectivity index is 1.77. The molecule has 0 heterocycles. The van der Waals surface area contributed by atoms with Gasteiger partial charge in [-0.1, -0.05) is 32.1 Å². The molecule has 0 aliphatic heterocycles. The number of carbonyl (C=O) groups excluding carboxylic acids is 1. The van der Waals surface area contributed by atoms with Crippen LogP contribution < -0.4 is 10.6 Å². The zero-order chi connectivity index (χ0) is 16.0. The molecular weight excluding hydrogens is 276 g/mol. The fraction of sp³-hybridized carbons (Fsp3) is 0.944. The number of hydrogen-bond donors (Lipinski definition) is 2. The summed E-state index contributed by atoms with van der Waals surface area (Å²) in [6.45, 7) is 6.45. The van der Waals surface area contributed by atoms with E-state index < -0.39 is 5.60 Å². The largest absolute Gasteiger partial charge is 0.444 e. The monoisotopic (exact) mass is 310 g/mol. The molecule has 0 aromatic carbocycles. The maximum atomic E-state index is 11.8. The summed E-state index contributed by atoms with van der Waals surface area (Å²) in [6, 6.07) is 1.26. The lowest BCUT2D eigenvalue weighted by atomic mass is 9.83. The number of amides is 1. The highest BCUT2D eigenvalue weighted by Gasteiger charge is 2.28. The third kappa shape index (κ3) is 6.15. The van der Waals surface area contributed by atoms with Gasteiger partial charge in [-0.05, 0) is 52.4 Å². The molecule has 2 aliphatic rings. The van der Waals surface area contributed by atoms with Gasteiger partial charge in [0.1, 0.15) is 5.60 Å². The molecule has 2 unspecified atom stereocenters. The predicted octanol–water partition coefficient (Wildman–Crippen LogP) is 3.99. The van der Waals surface area contributed by atoms with Gasteiger partial charge < -0.3 is 15.4 Å². The van der Waals surface area contributed by atoms with E-state index in [2.05, 4.69) is 10.6 Å². The lowest BCUT2D eigenvalue weighted by Crippen LogP contribution is -2.48. The van der Waals surface area contributed by atoms with Gasteiger partial charge in [-0.2, -0.15) is 0 Å². The number of alkyl carbamates (subject to hydrolysis) is 1. The van der Waals surface area contributed by atoms with Crippen molar-refractivity contribution in [2.24, 2.45) is 5.92 Å². The van der Waals surface area contributed by atoms with Gasteiger partial charge in [0.25, 0.3) is 0 Å². The first-order chi connectivity index (χ1) is 10.4. The minimum absolute atomic E-state index is 0.283. The van der Waals surface area contributed by atoms with Gasteiger partial charge in [-0.3, -0.25) is 0 Å². The van der Waals surface area contributed by atoms with Crippen LogP contribution in [0, 0.1) is 5.92 Å². The first kappa shape index (κ1) is 17.6. The summed E-state index contributed by atoms with van der Waals surface area (Å²) >= 11 is 0. The number of nitrogens with one attached hydrogen (secondary N) is 2. The Bertz CT molecular complexity index is 345. The van der Waals surface area contributed by atoms with E-state index in [1.165, 1.54) is 57.8 Å². The van der Waals surface area contributed by atoms with Crippen LogP contribution in [0.2, 0.25) is 0 Å². The first-order valence-electron chi connectivity index (χ1n) is 9.17. The van der Waals surface area contributed by atoms with E-state index in [-0.39, 0.29) is 6.09 Å². The molecule has 0 radical (unpaired) electrons. The SMILES string of the molecule is CC(C)(C)OC(=O)NCC1CCCCC1NC1CCCCC1. The van der Waals surface area contributed by atoms with Crippen molar-refractivity contribution in [3.8, 4) is 0 Å². The molecule has 2 atom stereocenters. The van der Waals surface area contributed by atoms with E-state index in [0.717, 1.165) is 6.54 Å². The molecule has 128 valence electrons. The Labute approximate surface area is 135 Å². The van der Waals surface area contributed by atoms with Gasteiger partial charge in [0, 0.05) is 18.6 Å². The quantitative estimate of drug-likeness (QED) is 0.825. The van der Waals surface area contributed by atoms with Crippen LogP contribution in [0.15, 0.2) is 0 Å². The predicted molar refractivity (Wildman–Crippen MR) is 90.0 cm³/mol. The van der Waals surface area contributed by atoms with Crippen molar-refractivity contribution in [1.29, 1.82) is 0 Å². The summed E-state index contributed by atoms with van der Waals surface area (Å²) in [5, 5.41) is 6.86. The Kier molecular flexibility index (Phi) is 6.54.